The number of hydrogen-bond donors (Lipinski definition) is 1. The molecular weight excluding hydrogens is 372 g/mol. The van der Waals surface area contributed by atoms with Crippen molar-refractivity contribution in [2.45, 2.75) is 25.9 Å². The maximum atomic E-state index is 12.5. The Morgan fingerprint density at radius 2 is 2.17 bits per heavy atom. The highest BCUT2D eigenvalue weighted by atomic mass is 16.5. The Bertz CT molecular complexity index is 921. The smallest absolute Gasteiger partial charge is 0.241 e. The Morgan fingerprint density at radius 3 is 2.93 bits per heavy atom. The number of methoxy groups -OCH3 is 1. The summed E-state index contributed by atoms with van der Waals surface area (Å²) in [6.45, 7) is 2.52. The summed E-state index contributed by atoms with van der Waals surface area (Å²) in [5.41, 5.74) is 0.870. The Kier molecular flexibility index (Phi) is 5.90. The van der Waals surface area contributed by atoms with Gasteiger partial charge < -0.3 is 19.0 Å². The van der Waals surface area contributed by atoms with Gasteiger partial charge >= 0.3 is 0 Å². The SMILES string of the molecule is COc1ccc(-c2noc(CN3CCCC(C(=O)NCc4ccco4)C3)n2)cc1. The van der Waals surface area contributed by atoms with Gasteiger partial charge in [-0.2, -0.15) is 4.98 Å². The molecule has 1 N–H and O–H groups in total. The van der Waals surface area contributed by atoms with Gasteiger partial charge in [-0.15, -0.1) is 0 Å². The van der Waals surface area contributed by atoms with Gasteiger partial charge in [0.15, 0.2) is 0 Å². The summed E-state index contributed by atoms with van der Waals surface area (Å²) in [6, 6.07) is 11.2. The van der Waals surface area contributed by atoms with Crippen molar-refractivity contribution in [3.05, 3.63) is 54.3 Å². The summed E-state index contributed by atoms with van der Waals surface area (Å²) in [5.74, 6) is 2.63. The van der Waals surface area contributed by atoms with Crippen molar-refractivity contribution in [1.82, 2.24) is 20.4 Å². The predicted octanol–water partition coefficient (Wildman–Crippen LogP) is 2.87. The molecule has 1 fully saturated rings. The van der Waals surface area contributed by atoms with Gasteiger partial charge in [0.1, 0.15) is 11.5 Å². The number of benzene rings is 1. The van der Waals surface area contributed by atoms with E-state index in [9.17, 15) is 4.79 Å². The van der Waals surface area contributed by atoms with E-state index in [0.717, 1.165) is 36.5 Å². The molecule has 1 unspecified atom stereocenters. The summed E-state index contributed by atoms with van der Waals surface area (Å²) < 4.78 is 15.9. The van der Waals surface area contributed by atoms with Crippen molar-refractivity contribution in [1.29, 1.82) is 0 Å². The summed E-state index contributed by atoms with van der Waals surface area (Å²) in [6.07, 6.45) is 3.44. The molecule has 0 saturated carbocycles. The van der Waals surface area contributed by atoms with Crippen LogP contribution in [0.25, 0.3) is 11.4 Å². The number of furan rings is 1. The van der Waals surface area contributed by atoms with Gasteiger partial charge in [-0.25, -0.2) is 0 Å². The highest BCUT2D eigenvalue weighted by Crippen LogP contribution is 2.22. The fourth-order valence-electron chi connectivity index (χ4n) is 3.51. The van der Waals surface area contributed by atoms with E-state index >= 15 is 0 Å². The van der Waals surface area contributed by atoms with Crippen LogP contribution in [0.15, 0.2) is 51.6 Å². The molecule has 1 atom stereocenters. The number of nitrogens with one attached hydrogen (secondary N) is 1. The number of amides is 1. The Balaban J connectivity index is 1.32. The largest absolute Gasteiger partial charge is 0.497 e. The molecule has 0 bridgehead atoms. The number of aromatic nitrogens is 2. The second kappa shape index (κ2) is 8.91. The molecule has 0 radical (unpaired) electrons. The van der Waals surface area contributed by atoms with Gasteiger partial charge in [0, 0.05) is 12.1 Å². The zero-order valence-corrected chi connectivity index (χ0v) is 16.3. The highest BCUT2D eigenvalue weighted by Gasteiger charge is 2.27. The maximum absolute atomic E-state index is 12.5. The van der Waals surface area contributed by atoms with Crippen molar-refractivity contribution in [3.63, 3.8) is 0 Å². The van der Waals surface area contributed by atoms with Gasteiger partial charge in [0.05, 0.1) is 32.4 Å². The number of hydrogen-bond acceptors (Lipinski definition) is 7. The number of carbonyl (C=O) groups is 1. The lowest BCUT2D eigenvalue weighted by Gasteiger charge is -2.30. The van der Waals surface area contributed by atoms with Gasteiger partial charge in [-0.3, -0.25) is 9.69 Å². The number of piperidine rings is 1. The number of carbonyl (C=O) groups excluding carboxylic acids is 1. The molecule has 1 aliphatic heterocycles. The Hall–Kier alpha value is -3.13. The van der Waals surface area contributed by atoms with Gasteiger partial charge in [-0.05, 0) is 55.8 Å². The second-order valence-electron chi connectivity index (χ2n) is 7.11. The minimum atomic E-state index is -0.0531. The zero-order chi connectivity index (χ0) is 20.1. The topological polar surface area (TPSA) is 93.6 Å². The van der Waals surface area contributed by atoms with Crippen molar-refractivity contribution in [3.8, 4) is 17.1 Å². The van der Waals surface area contributed by atoms with E-state index in [-0.39, 0.29) is 11.8 Å². The van der Waals surface area contributed by atoms with Crippen LogP contribution in [-0.4, -0.2) is 41.1 Å². The number of rotatable bonds is 7. The molecule has 4 rings (SSSR count). The van der Waals surface area contributed by atoms with Crippen molar-refractivity contribution in [2.24, 2.45) is 5.92 Å². The van der Waals surface area contributed by atoms with E-state index < -0.39 is 0 Å². The standard InChI is InChI=1S/C21H24N4O4/c1-27-17-8-6-15(7-9-17)20-23-19(29-24-20)14-25-10-2-4-16(13-25)21(26)22-12-18-5-3-11-28-18/h3,5-9,11,16H,2,4,10,12-14H2,1H3,(H,22,26). The van der Waals surface area contributed by atoms with Crippen molar-refractivity contribution >= 4 is 5.91 Å². The van der Waals surface area contributed by atoms with E-state index in [1.807, 2.05) is 36.4 Å². The first-order valence-corrected chi connectivity index (χ1v) is 9.71. The lowest BCUT2D eigenvalue weighted by Crippen LogP contribution is -2.42. The molecule has 2 aromatic heterocycles. The summed E-state index contributed by atoms with van der Waals surface area (Å²) in [5, 5.41) is 7.03. The molecule has 3 aromatic rings. The minimum Gasteiger partial charge on any atom is -0.497 e. The maximum Gasteiger partial charge on any atom is 0.241 e. The van der Waals surface area contributed by atoms with Crippen LogP contribution < -0.4 is 10.1 Å². The summed E-state index contributed by atoms with van der Waals surface area (Å²) >= 11 is 0. The van der Waals surface area contributed by atoms with E-state index in [0.29, 0.717) is 31.3 Å². The quantitative estimate of drug-likeness (QED) is 0.656. The summed E-state index contributed by atoms with van der Waals surface area (Å²) in [4.78, 5) is 19.2. The fraction of sp³-hybridized carbons (Fsp3) is 0.381. The lowest BCUT2D eigenvalue weighted by molar-refractivity contribution is -0.127. The fourth-order valence-corrected chi connectivity index (χ4v) is 3.51. The van der Waals surface area contributed by atoms with Gasteiger partial charge in [0.25, 0.3) is 0 Å². The molecule has 152 valence electrons. The molecule has 1 aromatic carbocycles. The normalized spacial score (nSPS) is 17.2. The molecule has 8 nitrogen and oxygen atoms in total. The zero-order valence-electron chi connectivity index (χ0n) is 16.3. The molecule has 0 spiro atoms. The van der Waals surface area contributed by atoms with E-state index in [4.69, 9.17) is 13.7 Å². The third-order valence-electron chi connectivity index (χ3n) is 5.07. The van der Waals surface area contributed by atoms with Gasteiger partial charge in [0.2, 0.25) is 17.6 Å². The van der Waals surface area contributed by atoms with E-state index in [1.165, 1.54) is 0 Å². The monoisotopic (exact) mass is 396 g/mol. The van der Waals surface area contributed by atoms with Crippen LogP contribution in [-0.2, 0) is 17.9 Å². The third-order valence-corrected chi connectivity index (χ3v) is 5.07. The van der Waals surface area contributed by atoms with Gasteiger partial charge in [-0.1, -0.05) is 5.16 Å². The van der Waals surface area contributed by atoms with Crippen molar-refractivity contribution < 1.29 is 18.5 Å². The molecule has 0 aliphatic carbocycles. The van der Waals surface area contributed by atoms with Crippen LogP contribution in [0, 0.1) is 5.92 Å². The third kappa shape index (κ3) is 4.83. The average molecular weight is 396 g/mol. The molecular formula is C21H24N4O4. The van der Waals surface area contributed by atoms with E-state index in [1.54, 1.807) is 13.4 Å². The first-order chi connectivity index (χ1) is 14.2. The van der Waals surface area contributed by atoms with Crippen LogP contribution >= 0.6 is 0 Å². The number of nitrogens with zero attached hydrogens (tertiary/aromatic N) is 3. The van der Waals surface area contributed by atoms with Crippen LogP contribution in [0.4, 0.5) is 0 Å². The number of ether oxygens (including phenoxy) is 1. The van der Waals surface area contributed by atoms with Crippen LogP contribution in [0.2, 0.25) is 0 Å². The average Bonchev–Trinajstić information content (AvgIpc) is 3.44. The molecule has 3 heterocycles. The lowest BCUT2D eigenvalue weighted by atomic mass is 9.97. The van der Waals surface area contributed by atoms with Crippen LogP contribution in [0.3, 0.4) is 0 Å². The Morgan fingerprint density at radius 1 is 1.31 bits per heavy atom. The summed E-state index contributed by atoms with van der Waals surface area (Å²) in [7, 11) is 1.63. The number of likely N-dealkylation sites (tertiary alicyclic amines) is 1. The first-order valence-electron chi connectivity index (χ1n) is 9.71. The first kappa shape index (κ1) is 19.2. The van der Waals surface area contributed by atoms with Crippen LogP contribution in [0.5, 0.6) is 5.75 Å². The molecule has 1 amide bonds. The molecule has 1 saturated heterocycles. The highest BCUT2D eigenvalue weighted by molar-refractivity contribution is 5.78. The predicted molar refractivity (Wildman–Crippen MR) is 105 cm³/mol. The van der Waals surface area contributed by atoms with E-state index in [2.05, 4.69) is 20.4 Å². The molecule has 1 aliphatic rings. The molecule has 29 heavy (non-hydrogen) atoms. The van der Waals surface area contributed by atoms with Crippen LogP contribution in [0.1, 0.15) is 24.5 Å². The minimum absolute atomic E-state index is 0.0514. The molecule has 8 heteroatoms. The second-order valence-corrected chi connectivity index (χ2v) is 7.11. The van der Waals surface area contributed by atoms with Crippen molar-refractivity contribution in [2.75, 3.05) is 20.2 Å². The Labute approximate surface area is 168 Å².